The lowest BCUT2D eigenvalue weighted by atomic mass is 10.0. The Labute approximate surface area is 193 Å². The van der Waals surface area contributed by atoms with Gasteiger partial charge in [-0.2, -0.15) is 4.52 Å². The Kier molecular flexibility index (Phi) is 5.69. The molecule has 1 aliphatic rings. The highest BCUT2D eigenvalue weighted by Crippen LogP contribution is 2.40. The number of rotatable bonds is 5. The number of anilines is 1. The van der Waals surface area contributed by atoms with Crippen molar-refractivity contribution >= 4 is 37.9 Å². The van der Waals surface area contributed by atoms with Crippen LogP contribution in [0.2, 0.25) is 0 Å². The van der Waals surface area contributed by atoms with Crippen molar-refractivity contribution in [3.05, 3.63) is 75.3 Å². The summed E-state index contributed by atoms with van der Waals surface area (Å²) in [5.74, 6) is 0.954. The number of aryl methyl sites for hydroxylation is 1. The first-order chi connectivity index (χ1) is 15.1. The topological polar surface area (TPSA) is 56.9 Å². The van der Waals surface area contributed by atoms with Crippen LogP contribution in [-0.2, 0) is 6.42 Å². The number of halogens is 1. The molecule has 2 aromatic heterocycles. The normalized spacial score (nSPS) is 16.1. The van der Waals surface area contributed by atoms with Crippen LogP contribution >= 0.6 is 27.3 Å². The van der Waals surface area contributed by atoms with E-state index in [2.05, 4.69) is 90.4 Å². The minimum absolute atomic E-state index is 0.0374. The van der Waals surface area contributed by atoms with E-state index in [1.54, 1.807) is 4.52 Å². The molecule has 1 aliphatic heterocycles. The van der Waals surface area contributed by atoms with Gasteiger partial charge < -0.3 is 10.0 Å². The molecule has 5 rings (SSSR count). The molecule has 4 aromatic rings. The molecule has 6 nitrogen and oxygen atoms in total. The standard InChI is InChI=1S/C23H24BrN5OS/c1-2-19-25-23-29(26-19)22(30)21(31-23)20(16-8-10-17(24)11-9-16)28-14-12-27(13-15-28)18-6-4-3-5-7-18/h3-11,20,30H,2,12-15H2,1H3. The van der Waals surface area contributed by atoms with E-state index in [0.29, 0.717) is 0 Å². The van der Waals surface area contributed by atoms with Gasteiger partial charge in [-0.25, -0.2) is 4.98 Å². The predicted molar refractivity (Wildman–Crippen MR) is 128 cm³/mol. The molecule has 31 heavy (non-hydrogen) atoms. The minimum atomic E-state index is -0.0374. The van der Waals surface area contributed by atoms with E-state index in [4.69, 9.17) is 0 Å². The van der Waals surface area contributed by atoms with Gasteiger partial charge in [0, 0.05) is 42.8 Å². The highest BCUT2D eigenvalue weighted by atomic mass is 79.9. The number of para-hydroxylation sites is 1. The summed E-state index contributed by atoms with van der Waals surface area (Å²) in [4.78, 5) is 11.1. The van der Waals surface area contributed by atoms with E-state index in [1.807, 2.05) is 6.92 Å². The molecule has 2 aromatic carbocycles. The molecule has 0 saturated carbocycles. The number of nitrogens with zero attached hydrogens (tertiary/aromatic N) is 5. The summed E-state index contributed by atoms with van der Waals surface area (Å²) >= 11 is 5.07. The highest BCUT2D eigenvalue weighted by Gasteiger charge is 2.31. The molecule has 1 saturated heterocycles. The van der Waals surface area contributed by atoms with Crippen molar-refractivity contribution in [2.75, 3.05) is 31.1 Å². The highest BCUT2D eigenvalue weighted by molar-refractivity contribution is 9.10. The van der Waals surface area contributed by atoms with Crippen molar-refractivity contribution in [2.45, 2.75) is 19.4 Å². The first-order valence-corrected chi connectivity index (χ1v) is 12.1. The van der Waals surface area contributed by atoms with E-state index in [1.165, 1.54) is 17.0 Å². The quantitative estimate of drug-likeness (QED) is 0.431. The van der Waals surface area contributed by atoms with Crippen LogP contribution < -0.4 is 4.90 Å². The van der Waals surface area contributed by atoms with Crippen molar-refractivity contribution in [3.8, 4) is 5.88 Å². The van der Waals surface area contributed by atoms with Crippen LogP contribution in [0.25, 0.3) is 4.96 Å². The maximum Gasteiger partial charge on any atom is 0.230 e. The molecule has 0 amide bonds. The van der Waals surface area contributed by atoms with E-state index in [0.717, 1.165) is 58.3 Å². The van der Waals surface area contributed by atoms with Gasteiger partial charge in [-0.1, -0.05) is 64.5 Å². The molecule has 3 heterocycles. The number of hydrogen-bond acceptors (Lipinski definition) is 6. The van der Waals surface area contributed by atoms with E-state index >= 15 is 0 Å². The molecule has 1 atom stereocenters. The van der Waals surface area contributed by atoms with Crippen LogP contribution in [0.1, 0.15) is 29.2 Å². The van der Waals surface area contributed by atoms with Gasteiger partial charge in [-0.15, -0.1) is 5.10 Å². The zero-order valence-corrected chi connectivity index (χ0v) is 19.7. The number of aromatic nitrogens is 3. The Morgan fingerprint density at radius 2 is 1.74 bits per heavy atom. The van der Waals surface area contributed by atoms with Crippen molar-refractivity contribution < 1.29 is 5.11 Å². The van der Waals surface area contributed by atoms with Crippen molar-refractivity contribution in [1.29, 1.82) is 0 Å². The van der Waals surface area contributed by atoms with E-state index in [-0.39, 0.29) is 11.9 Å². The smallest absolute Gasteiger partial charge is 0.230 e. The fraction of sp³-hybridized carbons (Fsp3) is 0.304. The van der Waals surface area contributed by atoms with Gasteiger partial charge in [0.25, 0.3) is 0 Å². The summed E-state index contributed by atoms with van der Waals surface area (Å²) in [7, 11) is 0. The van der Waals surface area contributed by atoms with Gasteiger partial charge in [0.05, 0.1) is 10.9 Å². The van der Waals surface area contributed by atoms with Crippen LogP contribution in [0, 0.1) is 0 Å². The molecule has 1 fully saturated rings. The van der Waals surface area contributed by atoms with Gasteiger partial charge in [-0.3, -0.25) is 4.90 Å². The second-order valence-electron chi connectivity index (χ2n) is 7.68. The molecule has 0 bridgehead atoms. The fourth-order valence-electron chi connectivity index (χ4n) is 4.17. The first kappa shape index (κ1) is 20.5. The average molecular weight is 498 g/mol. The van der Waals surface area contributed by atoms with Gasteiger partial charge in [0.15, 0.2) is 5.82 Å². The summed E-state index contributed by atoms with van der Waals surface area (Å²) in [5.41, 5.74) is 2.42. The lowest BCUT2D eigenvalue weighted by molar-refractivity contribution is 0.211. The third-order valence-corrected chi connectivity index (χ3v) is 7.40. The van der Waals surface area contributed by atoms with Crippen LogP contribution in [0.4, 0.5) is 5.69 Å². The fourth-order valence-corrected chi connectivity index (χ4v) is 5.57. The summed E-state index contributed by atoms with van der Waals surface area (Å²) in [6, 6.07) is 18.9. The summed E-state index contributed by atoms with van der Waals surface area (Å²) in [6.07, 6.45) is 0.751. The molecule has 1 unspecified atom stereocenters. The van der Waals surface area contributed by atoms with Crippen molar-refractivity contribution in [3.63, 3.8) is 0 Å². The molecular formula is C23H24BrN5OS. The number of benzene rings is 2. The Morgan fingerprint density at radius 3 is 2.39 bits per heavy atom. The number of thiazole rings is 1. The second kappa shape index (κ2) is 8.61. The maximum atomic E-state index is 11.1. The van der Waals surface area contributed by atoms with Gasteiger partial charge in [-0.05, 0) is 29.8 Å². The van der Waals surface area contributed by atoms with Crippen molar-refractivity contribution in [1.82, 2.24) is 19.5 Å². The summed E-state index contributed by atoms with van der Waals surface area (Å²) in [5, 5.41) is 15.5. The molecule has 0 aliphatic carbocycles. The monoisotopic (exact) mass is 497 g/mol. The second-order valence-corrected chi connectivity index (χ2v) is 9.60. The maximum absolute atomic E-state index is 11.1. The Balaban J connectivity index is 1.48. The zero-order valence-electron chi connectivity index (χ0n) is 17.3. The summed E-state index contributed by atoms with van der Waals surface area (Å²) in [6.45, 7) is 5.72. The molecule has 0 radical (unpaired) electrons. The Hall–Kier alpha value is -2.42. The van der Waals surface area contributed by atoms with Gasteiger partial charge in [0.1, 0.15) is 0 Å². The SMILES string of the molecule is CCc1nc2sc(C(c3ccc(Br)cc3)N3CCN(c4ccccc4)CC3)c(O)n2n1. The number of hydrogen-bond donors (Lipinski definition) is 1. The van der Waals surface area contributed by atoms with E-state index < -0.39 is 0 Å². The average Bonchev–Trinajstić information content (AvgIpc) is 3.35. The molecule has 1 N–H and O–H groups in total. The van der Waals surface area contributed by atoms with Crippen LogP contribution in [-0.4, -0.2) is 50.8 Å². The van der Waals surface area contributed by atoms with Crippen LogP contribution in [0.15, 0.2) is 59.1 Å². The third-order valence-electron chi connectivity index (χ3n) is 5.79. The zero-order chi connectivity index (χ0) is 21.4. The van der Waals surface area contributed by atoms with Gasteiger partial charge >= 0.3 is 0 Å². The predicted octanol–water partition coefficient (Wildman–Crippen LogP) is 4.73. The van der Waals surface area contributed by atoms with Crippen LogP contribution in [0.3, 0.4) is 0 Å². The molecule has 160 valence electrons. The third kappa shape index (κ3) is 3.95. The first-order valence-electron chi connectivity index (χ1n) is 10.5. The van der Waals surface area contributed by atoms with E-state index in [9.17, 15) is 5.11 Å². The van der Waals surface area contributed by atoms with Crippen LogP contribution in [0.5, 0.6) is 5.88 Å². The molecular weight excluding hydrogens is 474 g/mol. The summed E-state index contributed by atoms with van der Waals surface area (Å²) < 4.78 is 2.63. The Morgan fingerprint density at radius 1 is 1.03 bits per heavy atom. The van der Waals surface area contributed by atoms with Crippen molar-refractivity contribution in [2.24, 2.45) is 0 Å². The number of aromatic hydroxyl groups is 1. The molecule has 8 heteroatoms. The lowest BCUT2D eigenvalue weighted by Crippen LogP contribution is -2.47. The van der Waals surface area contributed by atoms with Gasteiger partial charge in [0.2, 0.25) is 10.8 Å². The molecule has 0 spiro atoms. The Bertz CT molecular complexity index is 1170. The number of fused-ring (bicyclic) bond motifs is 1. The minimum Gasteiger partial charge on any atom is -0.492 e. The largest absolute Gasteiger partial charge is 0.492 e. The lowest BCUT2D eigenvalue weighted by Gasteiger charge is -2.40. The number of piperazine rings is 1.